The molecule has 2 rings (SSSR count). The number of ether oxygens (including phenoxy) is 1. The summed E-state index contributed by atoms with van der Waals surface area (Å²) in [5, 5.41) is 2.81. The number of nitrogens with one attached hydrogen (secondary N) is 1. The summed E-state index contributed by atoms with van der Waals surface area (Å²) in [4.78, 5) is 51.2. The summed E-state index contributed by atoms with van der Waals surface area (Å²) in [6.45, 7) is 5.31. The fourth-order valence-corrected chi connectivity index (χ4v) is 3.22. The highest BCUT2D eigenvalue weighted by molar-refractivity contribution is 7.80. The van der Waals surface area contributed by atoms with E-state index in [0.717, 1.165) is 4.90 Å². The number of amides is 2. The zero-order valence-electron chi connectivity index (χ0n) is 16.2. The molecule has 1 N–H and O–H groups in total. The minimum atomic E-state index is -1.16. The first-order valence-corrected chi connectivity index (χ1v) is 9.81. The third-order valence-corrected chi connectivity index (χ3v) is 4.64. The number of carbonyl (C=O) groups is 4. The molecule has 1 unspecified atom stereocenters. The lowest BCUT2D eigenvalue weighted by atomic mass is 10.0. The molecule has 1 aromatic rings. The van der Waals surface area contributed by atoms with Crippen molar-refractivity contribution in [3.8, 4) is 0 Å². The van der Waals surface area contributed by atoms with Gasteiger partial charge in [0.05, 0.1) is 12.2 Å². The van der Waals surface area contributed by atoms with E-state index >= 15 is 0 Å². The van der Waals surface area contributed by atoms with E-state index in [-0.39, 0.29) is 17.6 Å². The van der Waals surface area contributed by atoms with Gasteiger partial charge in [0.25, 0.3) is 11.7 Å². The van der Waals surface area contributed by atoms with Gasteiger partial charge in [0.15, 0.2) is 5.11 Å². The summed E-state index contributed by atoms with van der Waals surface area (Å²) >= 11 is 11.0. The lowest BCUT2D eigenvalue weighted by molar-refractivity contribution is -0.152. The van der Waals surface area contributed by atoms with Gasteiger partial charge in [-0.3, -0.25) is 19.3 Å². The van der Waals surface area contributed by atoms with E-state index in [0.29, 0.717) is 17.0 Å². The van der Waals surface area contributed by atoms with E-state index in [1.54, 1.807) is 31.2 Å². The van der Waals surface area contributed by atoms with E-state index in [9.17, 15) is 19.2 Å². The number of hydrogen-bond donors (Lipinski definition) is 1. The molecule has 29 heavy (non-hydrogen) atoms. The third-order valence-electron chi connectivity index (χ3n) is 4.09. The van der Waals surface area contributed by atoms with E-state index in [2.05, 4.69) is 5.32 Å². The summed E-state index contributed by atoms with van der Waals surface area (Å²) in [7, 11) is 0. The van der Waals surface area contributed by atoms with Gasteiger partial charge < -0.3 is 10.1 Å². The van der Waals surface area contributed by atoms with Crippen molar-refractivity contribution >= 4 is 58.6 Å². The Bertz CT molecular complexity index is 879. The van der Waals surface area contributed by atoms with Gasteiger partial charge in [0, 0.05) is 5.02 Å². The molecule has 0 bridgehead atoms. The number of thiocarbonyl (C=S) groups is 1. The van der Waals surface area contributed by atoms with Crippen LogP contribution in [0.1, 0.15) is 32.8 Å². The van der Waals surface area contributed by atoms with E-state index in [4.69, 9.17) is 28.6 Å². The molecule has 9 heteroatoms. The van der Waals surface area contributed by atoms with Crippen LogP contribution in [0.25, 0.3) is 6.08 Å². The molecule has 0 spiro atoms. The molecule has 0 aliphatic carbocycles. The maximum absolute atomic E-state index is 13.2. The van der Waals surface area contributed by atoms with Crippen LogP contribution in [-0.4, -0.2) is 46.2 Å². The lowest BCUT2D eigenvalue weighted by Gasteiger charge is -2.23. The summed E-state index contributed by atoms with van der Waals surface area (Å²) in [6.07, 6.45) is 1.61. The molecule has 1 aromatic carbocycles. The molecule has 1 saturated heterocycles. The Balaban J connectivity index is 2.48. The number of esters is 1. The molecule has 0 radical (unpaired) electrons. The second kappa shape index (κ2) is 9.76. The highest BCUT2D eigenvalue weighted by Gasteiger charge is 2.43. The van der Waals surface area contributed by atoms with Crippen LogP contribution in [0, 0.1) is 5.92 Å². The second-order valence-corrected chi connectivity index (χ2v) is 7.60. The molecule has 1 aliphatic rings. The van der Waals surface area contributed by atoms with Gasteiger partial charge in [-0.1, -0.05) is 37.6 Å². The van der Waals surface area contributed by atoms with E-state index in [1.165, 1.54) is 6.08 Å². The lowest BCUT2D eigenvalue weighted by Crippen LogP contribution is -2.43. The molecule has 1 heterocycles. The smallest absolute Gasteiger partial charge is 0.379 e. The van der Waals surface area contributed by atoms with Crippen LogP contribution in [0.15, 0.2) is 29.8 Å². The van der Waals surface area contributed by atoms with E-state index < -0.39 is 35.2 Å². The van der Waals surface area contributed by atoms with Gasteiger partial charge in [0.2, 0.25) is 5.91 Å². The predicted molar refractivity (Wildman–Crippen MR) is 112 cm³/mol. The zero-order chi connectivity index (χ0) is 21.7. The van der Waals surface area contributed by atoms with Crippen LogP contribution in [0.5, 0.6) is 0 Å². The molecule has 1 fully saturated rings. The SMILES string of the molecule is CCOC(=O)C(=O)/C(=C\c1ccc(Cl)cc1)C(=O)N1C(=S)NC(=O)C1CC(C)C. The maximum Gasteiger partial charge on any atom is 0.379 e. The molecule has 0 saturated carbocycles. The molecule has 0 aromatic heterocycles. The van der Waals surface area contributed by atoms with Crippen LogP contribution in [0.4, 0.5) is 0 Å². The molecule has 1 aliphatic heterocycles. The Morgan fingerprint density at radius 3 is 2.45 bits per heavy atom. The van der Waals surface area contributed by atoms with Crippen LogP contribution in [0.3, 0.4) is 0 Å². The van der Waals surface area contributed by atoms with Gasteiger partial charge >= 0.3 is 5.97 Å². The number of hydrogen-bond acceptors (Lipinski definition) is 6. The molecule has 154 valence electrons. The Kier molecular flexibility index (Phi) is 7.64. The molecule has 7 nitrogen and oxygen atoms in total. The Morgan fingerprint density at radius 2 is 1.90 bits per heavy atom. The fraction of sp³-hybridized carbons (Fsp3) is 0.350. The molecule has 1 atom stereocenters. The van der Waals surface area contributed by atoms with Gasteiger partial charge in [-0.25, -0.2) is 4.79 Å². The summed E-state index contributed by atoms with van der Waals surface area (Å²) in [6, 6.07) is 5.48. The Labute approximate surface area is 179 Å². The van der Waals surface area contributed by atoms with Crippen molar-refractivity contribution in [1.82, 2.24) is 10.2 Å². The van der Waals surface area contributed by atoms with Crippen molar-refractivity contribution in [2.75, 3.05) is 6.61 Å². The van der Waals surface area contributed by atoms with Crippen molar-refractivity contribution < 1.29 is 23.9 Å². The Morgan fingerprint density at radius 1 is 1.28 bits per heavy atom. The highest BCUT2D eigenvalue weighted by Crippen LogP contribution is 2.22. The summed E-state index contributed by atoms with van der Waals surface area (Å²) < 4.78 is 4.76. The third kappa shape index (κ3) is 5.48. The number of carbonyl (C=O) groups excluding carboxylic acids is 4. The first kappa shape index (κ1) is 22.7. The van der Waals surface area contributed by atoms with Gasteiger partial charge in [0.1, 0.15) is 6.04 Å². The highest BCUT2D eigenvalue weighted by atomic mass is 35.5. The van der Waals surface area contributed by atoms with Crippen LogP contribution < -0.4 is 5.32 Å². The normalized spacial score (nSPS) is 16.8. The quantitative estimate of drug-likeness (QED) is 0.176. The predicted octanol–water partition coefficient (Wildman–Crippen LogP) is 2.51. The second-order valence-electron chi connectivity index (χ2n) is 6.77. The average molecular weight is 437 g/mol. The first-order chi connectivity index (χ1) is 13.6. The Hall–Kier alpha value is -2.58. The summed E-state index contributed by atoms with van der Waals surface area (Å²) in [5.74, 6) is -3.45. The van der Waals surface area contributed by atoms with Crippen LogP contribution >= 0.6 is 23.8 Å². The van der Waals surface area contributed by atoms with Crippen molar-refractivity contribution in [2.24, 2.45) is 5.92 Å². The van der Waals surface area contributed by atoms with E-state index in [1.807, 2.05) is 13.8 Å². The maximum atomic E-state index is 13.2. The number of benzene rings is 1. The number of halogens is 1. The largest absolute Gasteiger partial charge is 0.460 e. The first-order valence-electron chi connectivity index (χ1n) is 9.02. The molecule has 2 amide bonds. The van der Waals surface area contributed by atoms with Crippen molar-refractivity contribution in [2.45, 2.75) is 33.2 Å². The van der Waals surface area contributed by atoms with Crippen LogP contribution in [0.2, 0.25) is 5.02 Å². The fourth-order valence-electron chi connectivity index (χ4n) is 2.79. The van der Waals surface area contributed by atoms with Gasteiger partial charge in [-0.2, -0.15) is 0 Å². The van der Waals surface area contributed by atoms with Gasteiger partial charge in [-0.05, 0) is 55.3 Å². The number of Topliss-reactive ketones (excluding diaryl/α,β-unsaturated/α-hetero) is 1. The van der Waals surface area contributed by atoms with Gasteiger partial charge in [-0.15, -0.1) is 0 Å². The van der Waals surface area contributed by atoms with Crippen molar-refractivity contribution in [3.05, 3.63) is 40.4 Å². The van der Waals surface area contributed by atoms with Crippen molar-refractivity contribution in [1.29, 1.82) is 0 Å². The number of rotatable bonds is 7. The average Bonchev–Trinajstić information content (AvgIpc) is 2.93. The monoisotopic (exact) mass is 436 g/mol. The zero-order valence-corrected chi connectivity index (χ0v) is 17.8. The summed E-state index contributed by atoms with van der Waals surface area (Å²) in [5.41, 5.74) is 0.0265. The number of nitrogens with zero attached hydrogens (tertiary/aromatic N) is 1. The topological polar surface area (TPSA) is 92.8 Å². The molecular weight excluding hydrogens is 416 g/mol. The number of ketones is 1. The van der Waals surface area contributed by atoms with Crippen molar-refractivity contribution in [3.63, 3.8) is 0 Å². The standard InChI is InChI=1S/C20H21ClN2O5S/c1-4-28-19(27)16(24)14(10-12-5-7-13(21)8-6-12)18(26)23-15(9-11(2)3)17(25)22-20(23)29/h5-8,10-11,15H,4,9H2,1-3H3,(H,22,25,29)/b14-10+. The van der Waals surface area contributed by atoms with Crippen LogP contribution in [-0.2, 0) is 23.9 Å². The molecular formula is C20H21ClN2O5S. The minimum absolute atomic E-state index is 0.0227. The minimum Gasteiger partial charge on any atom is -0.460 e.